The quantitative estimate of drug-likeness (QED) is 0.498. The zero-order valence-electron chi connectivity index (χ0n) is 17.5. The highest BCUT2D eigenvalue weighted by Crippen LogP contribution is 2.25. The molecular weight excluding hydrogens is 455 g/mol. The number of hydrogen-bond acceptors (Lipinski definition) is 2. The lowest BCUT2D eigenvalue weighted by Gasteiger charge is -2.31. The molecule has 1 saturated carbocycles. The lowest BCUT2D eigenvalue weighted by molar-refractivity contribution is -0.141. The number of nitrogens with one attached hydrogen (secondary N) is 1. The van der Waals surface area contributed by atoms with Crippen LogP contribution in [-0.4, -0.2) is 28.8 Å². The third kappa shape index (κ3) is 6.61. The molecular formula is C24H27Cl3N2O2. The maximum Gasteiger partial charge on any atom is 0.243 e. The second-order valence-electron chi connectivity index (χ2n) is 7.99. The van der Waals surface area contributed by atoms with E-state index in [1.54, 1.807) is 29.2 Å². The van der Waals surface area contributed by atoms with E-state index in [4.69, 9.17) is 34.8 Å². The van der Waals surface area contributed by atoms with Crippen molar-refractivity contribution >= 4 is 46.6 Å². The van der Waals surface area contributed by atoms with Crippen molar-refractivity contribution in [2.45, 2.75) is 64.1 Å². The molecule has 0 heterocycles. The Morgan fingerprint density at radius 3 is 2.26 bits per heavy atom. The Morgan fingerprint density at radius 2 is 1.65 bits per heavy atom. The molecule has 1 fully saturated rings. The number of carbonyl (C=O) groups is 2. The van der Waals surface area contributed by atoms with E-state index < -0.39 is 6.04 Å². The Labute approximate surface area is 198 Å². The standard InChI is InChI=1S/C24H27Cl3N2O2/c1-2-22(24(31)28-19-5-3-4-6-19)29(15-17-9-12-20(26)21(27)13-17)23(30)14-16-7-10-18(25)11-8-16/h7-13,19,22H,2-6,14-15H2,1H3,(H,28,31)/t22-/m1/s1. The molecule has 31 heavy (non-hydrogen) atoms. The summed E-state index contributed by atoms with van der Waals surface area (Å²) in [5.41, 5.74) is 1.67. The van der Waals surface area contributed by atoms with Gasteiger partial charge < -0.3 is 10.2 Å². The average molecular weight is 482 g/mol. The van der Waals surface area contributed by atoms with Gasteiger partial charge in [-0.25, -0.2) is 0 Å². The monoisotopic (exact) mass is 480 g/mol. The lowest BCUT2D eigenvalue weighted by atomic mass is 10.1. The molecule has 4 nitrogen and oxygen atoms in total. The Kier molecular flexibility index (Phi) is 8.65. The molecule has 1 aliphatic carbocycles. The molecule has 7 heteroatoms. The number of amides is 2. The molecule has 2 aromatic carbocycles. The van der Waals surface area contributed by atoms with Crippen molar-refractivity contribution in [2.24, 2.45) is 0 Å². The fourth-order valence-electron chi connectivity index (χ4n) is 4.00. The summed E-state index contributed by atoms with van der Waals surface area (Å²) >= 11 is 18.2. The highest BCUT2D eigenvalue weighted by atomic mass is 35.5. The average Bonchev–Trinajstić information content (AvgIpc) is 3.25. The van der Waals surface area contributed by atoms with Crippen LogP contribution >= 0.6 is 34.8 Å². The van der Waals surface area contributed by atoms with Crippen molar-refractivity contribution in [1.82, 2.24) is 10.2 Å². The molecule has 0 radical (unpaired) electrons. The van der Waals surface area contributed by atoms with Crippen LogP contribution in [0, 0.1) is 0 Å². The van der Waals surface area contributed by atoms with Gasteiger partial charge in [0.1, 0.15) is 6.04 Å². The van der Waals surface area contributed by atoms with Gasteiger partial charge in [0, 0.05) is 17.6 Å². The normalized spacial score (nSPS) is 15.0. The number of nitrogens with zero attached hydrogens (tertiary/aromatic N) is 1. The second kappa shape index (κ2) is 11.2. The first-order valence-corrected chi connectivity index (χ1v) is 11.8. The fraction of sp³-hybridized carbons (Fsp3) is 0.417. The molecule has 2 amide bonds. The molecule has 0 unspecified atom stereocenters. The minimum Gasteiger partial charge on any atom is -0.352 e. The SMILES string of the molecule is CC[C@H](C(=O)NC1CCCC1)N(Cc1ccc(Cl)c(Cl)c1)C(=O)Cc1ccc(Cl)cc1. The molecule has 0 aliphatic heterocycles. The van der Waals surface area contributed by atoms with Gasteiger partial charge in [-0.3, -0.25) is 9.59 Å². The predicted octanol–water partition coefficient (Wildman–Crippen LogP) is 6.06. The van der Waals surface area contributed by atoms with Gasteiger partial charge in [0.2, 0.25) is 11.8 Å². The van der Waals surface area contributed by atoms with Gasteiger partial charge in [0.25, 0.3) is 0 Å². The lowest BCUT2D eigenvalue weighted by Crippen LogP contribution is -2.51. The van der Waals surface area contributed by atoms with Gasteiger partial charge >= 0.3 is 0 Å². The zero-order valence-corrected chi connectivity index (χ0v) is 19.8. The summed E-state index contributed by atoms with van der Waals surface area (Å²) in [4.78, 5) is 28.1. The van der Waals surface area contributed by atoms with Crippen LogP contribution in [-0.2, 0) is 22.6 Å². The summed E-state index contributed by atoms with van der Waals surface area (Å²) in [6.07, 6.45) is 4.95. The number of benzene rings is 2. The van der Waals surface area contributed by atoms with E-state index in [2.05, 4.69) is 5.32 Å². The summed E-state index contributed by atoms with van der Waals surface area (Å²) in [7, 11) is 0. The van der Waals surface area contributed by atoms with Gasteiger partial charge in [-0.15, -0.1) is 0 Å². The van der Waals surface area contributed by atoms with Gasteiger partial charge in [-0.1, -0.05) is 72.8 Å². The Balaban J connectivity index is 1.83. The van der Waals surface area contributed by atoms with E-state index in [9.17, 15) is 9.59 Å². The molecule has 1 aliphatic rings. The molecule has 2 aromatic rings. The van der Waals surface area contributed by atoms with Crippen LogP contribution in [0.1, 0.15) is 50.2 Å². The molecule has 1 atom stereocenters. The number of hydrogen-bond donors (Lipinski definition) is 1. The summed E-state index contributed by atoms with van der Waals surface area (Å²) < 4.78 is 0. The number of rotatable bonds is 8. The highest BCUT2D eigenvalue weighted by molar-refractivity contribution is 6.42. The van der Waals surface area contributed by atoms with E-state index >= 15 is 0 Å². The molecule has 3 rings (SSSR count). The van der Waals surface area contributed by atoms with E-state index in [1.165, 1.54) is 0 Å². The van der Waals surface area contributed by atoms with Crippen molar-refractivity contribution in [3.63, 3.8) is 0 Å². The number of carbonyl (C=O) groups excluding carboxylic acids is 2. The first-order valence-electron chi connectivity index (χ1n) is 10.7. The van der Waals surface area contributed by atoms with E-state index in [1.807, 2.05) is 25.1 Å². The zero-order chi connectivity index (χ0) is 22.4. The minimum atomic E-state index is -0.560. The van der Waals surface area contributed by atoms with E-state index in [0.29, 0.717) is 21.5 Å². The smallest absolute Gasteiger partial charge is 0.243 e. The first kappa shape index (κ1) is 23.9. The summed E-state index contributed by atoms with van der Waals surface area (Å²) in [6.45, 7) is 2.20. The van der Waals surface area contributed by atoms with Crippen LogP contribution in [0.2, 0.25) is 15.1 Å². The minimum absolute atomic E-state index is 0.0982. The topological polar surface area (TPSA) is 49.4 Å². The largest absolute Gasteiger partial charge is 0.352 e. The van der Waals surface area contributed by atoms with E-state index in [0.717, 1.165) is 36.8 Å². The van der Waals surface area contributed by atoms with Crippen molar-refractivity contribution in [3.05, 3.63) is 68.7 Å². The van der Waals surface area contributed by atoms with Crippen LogP contribution in [0.25, 0.3) is 0 Å². The second-order valence-corrected chi connectivity index (χ2v) is 9.24. The Bertz CT molecular complexity index is 912. The fourth-order valence-corrected chi connectivity index (χ4v) is 4.45. The predicted molar refractivity (Wildman–Crippen MR) is 127 cm³/mol. The van der Waals surface area contributed by atoms with Gasteiger partial charge in [0.05, 0.1) is 16.5 Å². The van der Waals surface area contributed by atoms with E-state index in [-0.39, 0.29) is 30.8 Å². The van der Waals surface area contributed by atoms with Crippen LogP contribution in [0.3, 0.4) is 0 Å². The summed E-state index contributed by atoms with van der Waals surface area (Å²) in [5.74, 6) is -0.222. The van der Waals surface area contributed by atoms with Crippen LogP contribution < -0.4 is 5.32 Å². The maximum absolute atomic E-state index is 13.3. The molecule has 0 bridgehead atoms. The van der Waals surface area contributed by atoms with Gasteiger partial charge in [-0.2, -0.15) is 0 Å². The first-order chi connectivity index (χ1) is 14.9. The third-order valence-corrected chi connectivity index (χ3v) is 6.68. The van der Waals surface area contributed by atoms with Crippen LogP contribution in [0.5, 0.6) is 0 Å². The molecule has 0 spiro atoms. The summed E-state index contributed by atoms with van der Waals surface area (Å²) in [5, 5.41) is 4.64. The maximum atomic E-state index is 13.3. The van der Waals surface area contributed by atoms with Crippen molar-refractivity contribution in [2.75, 3.05) is 0 Å². The van der Waals surface area contributed by atoms with Gasteiger partial charge in [-0.05, 0) is 54.7 Å². The van der Waals surface area contributed by atoms with Crippen molar-refractivity contribution in [3.8, 4) is 0 Å². The van der Waals surface area contributed by atoms with Gasteiger partial charge in [0.15, 0.2) is 0 Å². The number of halogens is 3. The Morgan fingerprint density at radius 1 is 1.00 bits per heavy atom. The van der Waals surface area contributed by atoms with Crippen LogP contribution in [0.15, 0.2) is 42.5 Å². The molecule has 0 aromatic heterocycles. The van der Waals surface area contributed by atoms with Crippen LogP contribution in [0.4, 0.5) is 0 Å². The third-order valence-electron chi connectivity index (χ3n) is 5.69. The van der Waals surface area contributed by atoms with Crippen molar-refractivity contribution in [1.29, 1.82) is 0 Å². The molecule has 0 saturated heterocycles. The van der Waals surface area contributed by atoms with Crippen molar-refractivity contribution < 1.29 is 9.59 Å². The summed E-state index contributed by atoms with van der Waals surface area (Å²) in [6, 6.07) is 12.1. The molecule has 1 N–H and O–H groups in total. The Hall–Kier alpha value is -1.75. The highest BCUT2D eigenvalue weighted by Gasteiger charge is 2.30. The molecule has 166 valence electrons.